The number of carbonyl (C=O) groups is 1. The molecule has 0 amide bonds. The molecule has 3 nitrogen and oxygen atoms in total. The molecule has 1 saturated heterocycles. The van der Waals surface area contributed by atoms with Crippen LogP contribution in [-0.4, -0.2) is 34.6 Å². The predicted octanol–water partition coefficient (Wildman–Crippen LogP) is 2.36. The van der Waals surface area contributed by atoms with Gasteiger partial charge in [-0.15, -0.1) is 0 Å². The summed E-state index contributed by atoms with van der Waals surface area (Å²) in [7, 11) is 0. The van der Waals surface area contributed by atoms with Crippen LogP contribution in [0.2, 0.25) is 0 Å². The molecular formula is C12H23NO2. The monoisotopic (exact) mass is 213 g/mol. The van der Waals surface area contributed by atoms with Gasteiger partial charge in [0.1, 0.15) is 0 Å². The van der Waals surface area contributed by atoms with Crippen molar-refractivity contribution in [2.24, 2.45) is 5.41 Å². The van der Waals surface area contributed by atoms with Gasteiger partial charge in [0.2, 0.25) is 0 Å². The highest BCUT2D eigenvalue weighted by Crippen LogP contribution is 2.33. The minimum Gasteiger partial charge on any atom is -0.481 e. The fourth-order valence-corrected chi connectivity index (χ4v) is 2.20. The lowest BCUT2D eigenvalue weighted by Crippen LogP contribution is -2.50. The summed E-state index contributed by atoms with van der Waals surface area (Å²) in [5, 5.41) is 8.86. The SMILES string of the molecule is CC1(C)CCN(C(C)(C)CC(=O)O)CC1. The number of nitrogens with zero attached hydrogens (tertiary/aromatic N) is 1. The lowest BCUT2D eigenvalue weighted by atomic mass is 9.81. The van der Waals surface area contributed by atoms with Crippen LogP contribution in [0, 0.1) is 5.41 Å². The summed E-state index contributed by atoms with van der Waals surface area (Å²) in [5.74, 6) is -0.704. The lowest BCUT2D eigenvalue weighted by molar-refractivity contribution is -0.140. The van der Waals surface area contributed by atoms with Crippen LogP contribution in [0.25, 0.3) is 0 Å². The van der Waals surface area contributed by atoms with Gasteiger partial charge < -0.3 is 5.11 Å². The topological polar surface area (TPSA) is 40.5 Å². The lowest BCUT2D eigenvalue weighted by Gasteiger charge is -2.45. The Balaban J connectivity index is 2.55. The van der Waals surface area contributed by atoms with E-state index in [1.165, 1.54) is 0 Å². The van der Waals surface area contributed by atoms with Crippen molar-refractivity contribution >= 4 is 5.97 Å². The molecule has 0 aromatic carbocycles. The first-order chi connectivity index (χ1) is 6.73. The van der Waals surface area contributed by atoms with Gasteiger partial charge in [-0.05, 0) is 45.2 Å². The first-order valence-electron chi connectivity index (χ1n) is 5.70. The molecule has 0 unspecified atom stereocenters. The maximum Gasteiger partial charge on any atom is 0.305 e. The number of carboxylic acids is 1. The van der Waals surface area contributed by atoms with Crippen LogP contribution in [-0.2, 0) is 4.79 Å². The molecular weight excluding hydrogens is 190 g/mol. The number of piperidine rings is 1. The normalized spacial score (nSPS) is 22.7. The van der Waals surface area contributed by atoms with Crippen LogP contribution in [0.4, 0.5) is 0 Å². The Hall–Kier alpha value is -0.570. The molecule has 0 aromatic heterocycles. The molecule has 15 heavy (non-hydrogen) atoms. The van der Waals surface area contributed by atoms with Crippen LogP contribution < -0.4 is 0 Å². The van der Waals surface area contributed by atoms with E-state index in [4.69, 9.17) is 5.11 Å². The summed E-state index contributed by atoms with van der Waals surface area (Å²) < 4.78 is 0. The van der Waals surface area contributed by atoms with Gasteiger partial charge in [0.15, 0.2) is 0 Å². The van der Waals surface area contributed by atoms with Crippen LogP contribution in [0.1, 0.15) is 47.0 Å². The Morgan fingerprint density at radius 2 is 1.80 bits per heavy atom. The van der Waals surface area contributed by atoms with Crippen molar-refractivity contribution in [2.75, 3.05) is 13.1 Å². The van der Waals surface area contributed by atoms with Gasteiger partial charge >= 0.3 is 5.97 Å². The van der Waals surface area contributed by atoms with E-state index in [1.54, 1.807) is 0 Å². The molecule has 0 atom stereocenters. The van der Waals surface area contributed by atoms with E-state index in [9.17, 15) is 4.79 Å². The molecule has 1 aliphatic heterocycles. The van der Waals surface area contributed by atoms with E-state index in [1.807, 2.05) is 13.8 Å². The van der Waals surface area contributed by atoms with Gasteiger partial charge in [0.25, 0.3) is 0 Å². The highest BCUT2D eigenvalue weighted by Gasteiger charge is 2.34. The molecule has 1 fully saturated rings. The van der Waals surface area contributed by atoms with Crippen molar-refractivity contribution in [3.63, 3.8) is 0 Å². The van der Waals surface area contributed by atoms with Crippen LogP contribution >= 0.6 is 0 Å². The largest absolute Gasteiger partial charge is 0.481 e. The van der Waals surface area contributed by atoms with E-state index >= 15 is 0 Å². The van der Waals surface area contributed by atoms with Crippen LogP contribution in [0.3, 0.4) is 0 Å². The third-order valence-electron chi connectivity index (χ3n) is 3.56. The van der Waals surface area contributed by atoms with E-state index in [2.05, 4.69) is 18.7 Å². The van der Waals surface area contributed by atoms with Crippen molar-refractivity contribution in [3.8, 4) is 0 Å². The third kappa shape index (κ3) is 3.49. The van der Waals surface area contributed by atoms with Crippen molar-refractivity contribution in [1.82, 2.24) is 4.90 Å². The fourth-order valence-electron chi connectivity index (χ4n) is 2.20. The molecule has 1 rings (SSSR count). The summed E-state index contributed by atoms with van der Waals surface area (Å²) >= 11 is 0. The van der Waals surface area contributed by atoms with Crippen molar-refractivity contribution in [1.29, 1.82) is 0 Å². The first-order valence-corrected chi connectivity index (χ1v) is 5.70. The summed E-state index contributed by atoms with van der Waals surface area (Å²) in [6.07, 6.45) is 2.56. The van der Waals surface area contributed by atoms with E-state index in [0.717, 1.165) is 25.9 Å². The molecule has 1 heterocycles. The Labute approximate surface area is 92.5 Å². The summed E-state index contributed by atoms with van der Waals surface area (Å²) in [6.45, 7) is 10.7. The number of likely N-dealkylation sites (tertiary alicyclic amines) is 1. The zero-order chi connectivity index (χ0) is 11.7. The summed E-state index contributed by atoms with van der Waals surface area (Å²) in [6, 6.07) is 0. The molecule has 0 aliphatic carbocycles. The van der Waals surface area contributed by atoms with Crippen molar-refractivity contribution < 1.29 is 9.90 Å². The molecule has 0 spiro atoms. The zero-order valence-corrected chi connectivity index (χ0v) is 10.3. The molecule has 3 heteroatoms. The highest BCUT2D eigenvalue weighted by molar-refractivity contribution is 5.68. The molecule has 0 aromatic rings. The number of rotatable bonds is 3. The Kier molecular flexibility index (Phi) is 3.44. The van der Waals surface area contributed by atoms with Crippen molar-refractivity contribution in [2.45, 2.75) is 52.5 Å². The van der Waals surface area contributed by atoms with Gasteiger partial charge in [-0.1, -0.05) is 13.8 Å². The van der Waals surface area contributed by atoms with Gasteiger partial charge in [-0.3, -0.25) is 9.69 Å². The minimum absolute atomic E-state index is 0.206. The van der Waals surface area contributed by atoms with E-state index in [0.29, 0.717) is 5.41 Å². The number of hydrogen-bond donors (Lipinski definition) is 1. The van der Waals surface area contributed by atoms with Gasteiger partial charge in [0, 0.05) is 5.54 Å². The maximum absolute atomic E-state index is 10.8. The third-order valence-corrected chi connectivity index (χ3v) is 3.56. The summed E-state index contributed by atoms with van der Waals surface area (Å²) in [5.41, 5.74) is 0.220. The maximum atomic E-state index is 10.8. The first kappa shape index (κ1) is 12.5. The van der Waals surface area contributed by atoms with Crippen LogP contribution in [0.15, 0.2) is 0 Å². The highest BCUT2D eigenvalue weighted by atomic mass is 16.4. The fraction of sp³-hybridized carbons (Fsp3) is 0.917. The van der Waals surface area contributed by atoms with E-state index < -0.39 is 5.97 Å². The Morgan fingerprint density at radius 1 is 1.33 bits per heavy atom. The van der Waals surface area contributed by atoms with E-state index in [-0.39, 0.29) is 12.0 Å². The second kappa shape index (κ2) is 4.12. The standard InChI is InChI=1S/C12H23NO2/c1-11(2)5-7-13(8-6-11)12(3,4)9-10(14)15/h5-9H2,1-4H3,(H,14,15). The zero-order valence-electron chi connectivity index (χ0n) is 10.3. The molecule has 88 valence electrons. The smallest absolute Gasteiger partial charge is 0.305 e. The number of hydrogen-bond acceptors (Lipinski definition) is 2. The Bertz CT molecular complexity index is 236. The average Bonchev–Trinajstić information content (AvgIpc) is 2.00. The Morgan fingerprint density at radius 3 is 2.20 bits per heavy atom. The number of aliphatic carboxylic acids is 1. The quantitative estimate of drug-likeness (QED) is 0.782. The molecule has 1 aliphatic rings. The second-order valence-corrected chi connectivity index (χ2v) is 6.03. The van der Waals surface area contributed by atoms with Gasteiger partial charge in [-0.25, -0.2) is 0 Å². The molecule has 0 saturated carbocycles. The van der Waals surface area contributed by atoms with Crippen molar-refractivity contribution in [3.05, 3.63) is 0 Å². The van der Waals surface area contributed by atoms with Gasteiger partial charge in [0.05, 0.1) is 6.42 Å². The summed E-state index contributed by atoms with van der Waals surface area (Å²) in [4.78, 5) is 13.1. The average molecular weight is 213 g/mol. The predicted molar refractivity (Wildman–Crippen MR) is 60.9 cm³/mol. The number of carboxylic acid groups (broad SMARTS) is 1. The molecule has 0 bridgehead atoms. The van der Waals surface area contributed by atoms with Gasteiger partial charge in [-0.2, -0.15) is 0 Å². The van der Waals surface area contributed by atoms with Crippen LogP contribution in [0.5, 0.6) is 0 Å². The minimum atomic E-state index is -0.704. The second-order valence-electron chi connectivity index (χ2n) is 6.03. The molecule has 1 N–H and O–H groups in total. The molecule has 0 radical (unpaired) electrons.